The third-order valence-corrected chi connectivity index (χ3v) is 4.12. The number of hydrogen-bond donors (Lipinski definition) is 1. The molecular formula is C18H18FN3O3. The minimum absolute atomic E-state index is 0.187. The lowest BCUT2D eigenvalue weighted by molar-refractivity contribution is -0.160. The fraction of sp³-hybridized carbons (Fsp3) is 0.278. The molecule has 1 saturated heterocycles. The number of halogens is 1. The van der Waals surface area contributed by atoms with Crippen molar-refractivity contribution in [2.24, 2.45) is 0 Å². The molecule has 2 aromatic rings. The van der Waals surface area contributed by atoms with Gasteiger partial charge in [-0.1, -0.05) is 18.2 Å². The second-order valence-electron chi connectivity index (χ2n) is 5.94. The number of nitrogens with zero attached hydrogens (tertiary/aromatic N) is 2. The van der Waals surface area contributed by atoms with Crippen LogP contribution in [0.25, 0.3) is 0 Å². The van der Waals surface area contributed by atoms with Crippen molar-refractivity contribution in [1.29, 1.82) is 0 Å². The number of aromatic nitrogens is 1. The van der Waals surface area contributed by atoms with Crippen molar-refractivity contribution in [3.05, 3.63) is 59.5 Å². The van der Waals surface area contributed by atoms with Crippen LogP contribution in [-0.2, 0) is 14.3 Å². The van der Waals surface area contributed by atoms with Crippen LogP contribution >= 0.6 is 0 Å². The fourth-order valence-corrected chi connectivity index (χ4v) is 2.73. The Kier molecular flexibility index (Phi) is 4.76. The molecule has 1 aliphatic heterocycles. The van der Waals surface area contributed by atoms with Crippen molar-refractivity contribution >= 4 is 17.6 Å². The molecule has 6 nitrogen and oxygen atoms in total. The number of anilines is 1. The molecule has 1 N–H and O–H groups in total. The summed E-state index contributed by atoms with van der Waals surface area (Å²) in [6.07, 6.45) is 0.723. The molecule has 7 heteroatoms. The Morgan fingerprint density at radius 3 is 2.64 bits per heavy atom. The summed E-state index contributed by atoms with van der Waals surface area (Å²) in [6, 6.07) is 8.55. The molecule has 1 aliphatic rings. The molecule has 0 saturated carbocycles. The SMILES string of the molecule is Cc1ccc(NC(=O)[C@@H]2OCC(=O)N(C)[C@H]2c2ccc(F)cc2)nc1. The highest BCUT2D eigenvalue weighted by Gasteiger charge is 2.40. The minimum Gasteiger partial charge on any atom is -0.356 e. The van der Waals surface area contributed by atoms with E-state index in [4.69, 9.17) is 4.74 Å². The number of hydrogen-bond acceptors (Lipinski definition) is 4. The second kappa shape index (κ2) is 6.98. The lowest BCUT2D eigenvalue weighted by atomic mass is 9.97. The number of likely N-dealkylation sites (N-methyl/N-ethyl adjacent to an activating group) is 1. The lowest BCUT2D eigenvalue weighted by Gasteiger charge is -2.38. The lowest BCUT2D eigenvalue weighted by Crippen LogP contribution is -2.51. The Hall–Kier alpha value is -2.80. The topological polar surface area (TPSA) is 71.5 Å². The van der Waals surface area contributed by atoms with E-state index in [1.165, 1.54) is 17.0 Å². The average Bonchev–Trinajstić information content (AvgIpc) is 2.60. The van der Waals surface area contributed by atoms with Gasteiger partial charge in [0.25, 0.3) is 5.91 Å². The van der Waals surface area contributed by atoms with E-state index in [0.29, 0.717) is 11.4 Å². The summed E-state index contributed by atoms with van der Waals surface area (Å²) in [5, 5.41) is 2.70. The van der Waals surface area contributed by atoms with Gasteiger partial charge in [-0.3, -0.25) is 9.59 Å². The van der Waals surface area contributed by atoms with Gasteiger partial charge in [0.1, 0.15) is 18.2 Å². The monoisotopic (exact) mass is 343 g/mol. The van der Waals surface area contributed by atoms with E-state index in [0.717, 1.165) is 5.56 Å². The summed E-state index contributed by atoms with van der Waals surface area (Å²) in [6.45, 7) is 1.71. The van der Waals surface area contributed by atoms with Crippen LogP contribution in [0.4, 0.5) is 10.2 Å². The molecule has 0 spiro atoms. The molecule has 130 valence electrons. The van der Waals surface area contributed by atoms with Gasteiger partial charge in [-0.25, -0.2) is 9.37 Å². The number of benzene rings is 1. The Morgan fingerprint density at radius 1 is 1.28 bits per heavy atom. The molecule has 1 aromatic carbocycles. The van der Waals surface area contributed by atoms with Crippen LogP contribution in [0.5, 0.6) is 0 Å². The third-order valence-electron chi connectivity index (χ3n) is 4.12. The summed E-state index contributed by atoms with van der Waals surface area (Å²) >= 11 is 0. The third kappa shape index (κ3) is 3.66. The van der Waals surface area contributed by atoms with Gasteiger partial charge in [0.2, 0.25) is 5.91 Å². The van der Waals surface area contributed by atoms with Crippen molar-refractivity contribution in [2.75, 3.05) is 19.0 Å². The Morgan fingerprint density at radius 2 is 2.00 bits per heavy atom. The van der Waals surface area contributed by atoms with Gasteiger partial charge in [-0.05, 0) is 36.2 Å². The highest BCUT2D eigenvalue weighted by Crippen LogP contribution is 2.30. The second-order valence-corrected chi connectivity index (χ2v) is 5.94. The van der Waals surface area contributed by atoms with Crippen LogP contribution in [0.3, 0.4) is 0 Å². The Bertz CT molecular complexity index is 777. The standard InChI is InChI=1S/C18H18FN3O3/c1-11-3-8-14(20-9-11)21-18(24)17-16(22(2)15(23)10-25-17)12-4-6-13(19)7-5-12/h3-9,16-17H,10H2,1-2H3,(H,20,21,24)/t16-,17+/m0/s1. The summed E-state index contributed by atoms with van der Waals surface area (Å²) in [5.41, 5.74) is 1.59. The van der Waals surface area contributed by atoms with Gasteiger partial charge in [0.05, 0.1) is 6.04 Å². The highest BCUT2D eigenvalue weighted by molar-refractivity contribution is 5.95. The molecular weight excluding hydrogens is 325 g/mol. The number of amides is 2. The Balaban J connectivity index is 1.85. The fourth-order valence-electron chi connectivity index (χ4n) is 2.73. The van der Waals surface area contributed by atoms with Gasteiger partial charge in [0, 0.05) is 13.2 Å². The largest absolute Gasteiger partial charge is 0.356 e. The first-order valence-corrected chi connectivity index (χ1v) is 7.82. The van der Waals surface area contributed by atoms with Crippen molar-refractivity contribution < 1.29 is 18.7 Å². The van der Waals surface area contributed by atoms with E-state index in [-0.39, 0.29) is 18.3 Å². The maximum absolute atomic E-state index is 13.2. The first kappa shape index (κ1) is 17.0. The van der Waals surface area contributed by atoms with Crippen LogP contribution < -0.4 is 5.32 Å². The van der Waals surface area contributed by atoms with Gasteiger partial charge in [0.15, 0.2) is 6.10 Å². The zero-order chi connectivity index (χ0) is 18.0. The number of aryl methyl sites for hydroxylation is 1. The van der Waals surface area contributed by atoms with Crippen molar-refractivity contribution in [3.63, 3.8) is 0 Å². The molecule has 3 rings (SSSR count). The molecule has 1 fully saturated rings. The normalized spacial score (nSPS) is 20.4. The van der Waals surface area contributed by atoms with E-state index >= 15 is 0 Å². The molecule has 0 unspecified atom stereocenters. The maximum atomic E-state index is 13.2. The van der Waals surface area contributed by atoms with Crippen molar-refractivity contribution in [3.8, 4) is 0 Å². The van der Waals surface area contributed by atoms with E-state index in [2.05, 4.69) is 10.3 Å². The van der Waals surface area contributed by atoms with Crippen LogP contribution in [0, 0.1) is 12.7 Å². The molecule has 2 atom stereocenters. The zero-order valence-corrected chi connectivity index (χ0v) is 13.9. The summed E-state index contributed by atoms with van der Waals surface area (Å²) < 4.78 is 18.7. The van der Waals surface area contributed by atoms with Gasteiger partial charge in [-0.15, -0.1) is 0 Å². The smallest absolute Gasteiger partial charge is 0.257 e. The number of morpholine rings is 1. The first-order valence-electron chi connectivity index (χ1n) is 7.82. The maximum Gasteiger partial charge on any atom is 0.257 e. The molecule has 2 amide bonds. The van der Waals surface area contributed by atoms with Gasteiger partial charge >= 0.3 is 0 Å². The number of nitrogens with one attached hydrogen (secondary N) is 1. The Labute approximate surface area is 144 Å². The number of carbonyl (C=O) groups is 2. The van der Waals surface area contributed by atoms with Gasteiger partial charge < -0.3 is 15.0 Å². The molecule has 1 aromatic heterocycles. The molecule has 0 bridgehead atoms. The first-order chi connectivity index (χ1) is 12.0. The summed E-state index contributed by atoms with van der Waals surface area (Å²) in [5.74, 6) is -0.646. The van der Waals surface area contributed by atoms with E-state index in [9.17, 15) is 14.0 Å². The number of carbonyl (C=O) groups excluding carboxylic acids is 2. The van der Waals surface area contributed by atoms with Crippen molar-refractivity contribution in [1.82, 2.24) is 9.88 Å². The molecule has 25 heavy (non-hydrogen) atoms. The predicted molar refractivity (Wildman–Crippen MR) is 89.3 cm³/mol. The minimum atomic E-state index is -0.920. The molecule has 0 radical (unpaired) electrons. The number of ether oxygens (including phenoxy) is 1. The van der Waals surface area contributed by atoms with Crippen LogP contribution in [0.1, 0.15) is 17.2 Å². The predicted octanol–water partition coefficient (Wildman–Crippen LogP) is 2.07. The van der Waals surface area contributed by atoms with Crippen LogP contribution in [0.15, 0.2) is 42.6 Å². The quantitative estimate of drug-likeness (QED) is 0.926. The molecule has 2 heterocycles. The van der Waals surface area contributed by atoms with E-state index < -0.39 is 18.1 Å². The summed E-state index contributed by atoms with van der Waals surface area (Å²) in [4.78, 5) is 30.2. The van der Waals surface area contributed by atoms with Crippen LogP contribution in [0.2, 0.25) is 0 Å². The van der Waals surface area contributed by atoms with Gasteiger partial charge in [-0.2, -0.15) is 0 Å². The number of pyridine rings is 1. The van der Waals surface area contributed by atoms with Crippen molar-refractivity contribution in [2.45, 2.75) is 19.1 Å². The van der Waals surface area contributed by atoms with E-state index in [1.54, 1.807) is 31.4 Å². The zero-order valence-electron chi connectivity index (χ0n) is 13.9. The number of rotatable bonds is 3. The highest BCUT2D eigenvalue weighted by atomic mass is 19.1. The summed E-state index contributed by atoms with van der Waals surface area (Å²) in [7, 11) is 1.60. The van der Waals surface area contributed by atoms with E-state index in [1.807, 2.05) is 13.0 Å². The average molecular weight is 343 g/mol. The molecule has 0 aliphatic carbocycles. The van der Waals surface area contributed by atoms with Crippen LogP contribution in [-0.4, -0.2) is 41.5 Å².